The molecule has 0 aliphatic heterocycles. The number of hydrogen-bond acceptors (Lipinski definition) is 6. The van der Waals surface area contributed by atoms with Crippen molar-refractivity contribution in [3.63, 3.8) is 0 Å². The van der Waals surface area contributed by atoms with Gasteiger partial charge >= 0.3 is 0 Å². The molecule has 98 valence electrons. The Morgan fingerprint density at radius 2 is 2.05 bits per heavy atom. The van der Waals surface area contributed by atoms with E-state index in [9.17, 15) is 4.79 Å². The summed E-state index contributed by atoms with van der Waals surface area (Å²) in [6.45, 7) is 0. The van der Waals surface area contributed by atoms with Crippen LogP contribution in [0.4, 0.5) is 0 Å². The lowest BCUT2D eigenvalue weighted by atomic mass is 10.1. The average Bonchev–Trinajstić information content (AvgIpc) is 3.16. The zero-order valence-electron chi connectivity index (χ0n) is 10.1. The molecule has 0 bridgehead atoms. The van der Waals surface area contributed by atoms with Crippen LogP contribution in [0.15, 0.2) is 33.9 Å². The highest BCUT2D eigenvalue weighted by Crippen LogP contribution is 2.39. The van der Waals surface area contributed by atoms with Crippen LogP contribution in [0.2, 0.25) is 0 Å². The van der Waals surface area contributed by atoms with E-state index in [-0.39, 0.29) is 17.3 Å². The molecule has 0 radical (unpaired) electrons. The summed E-state index contributed by atoms with van der Waals surface area (Å²) in [7, 11) is 0. The Kier molecular flexibility index (Phi) is 3.25. The topological polar surface area (TPSA) is 76.2 Å². The van der Waals surface area contributed by atoms with Gasteiger partial charge in [-0.05, 0) is 37.1 Å². The second kappa shape index (κ2) is 5.05. The smallest absolute Gasteiger partial charge is 0.277 e. The lowest BCUT2D eigenvalue weighted by Crippen LogP contribution is -2.01. The van der Waals surface area contributed by atoms with Crippen molar-refractivity contribution in [2.45, 2.75) is 24.0 Å². The number of ketones is 1. The van der Waals surface area contributed by atoms with Crippen LogP contribution in [0.3, 0.4) is 0 Å². The number of nitrogens with zero attached hydrogens (tertiary/aromatic N) is 2. The van der Waals surface area contributed by atoms with Crippen molar-refractivity contribution in [3.05, 3.63) is 35.7 Å². The lowest BCUT2D eigenvalue weighted by molar-refractivity contribution is 0.102. The lowest BCUT2D eigenvalue weighted by Gasteiger charge is -1.99. The Labute approximate surface area is 114 Å². The third kappa shape index (κ3) is 2.96. The number of benzene rings is 1. The first kappa shape index (κ1) is 12.2. The monoisotopic (exact) mass is 276 g/mol. The van der Waals surface area contributed by atoms with E-state index >= 15 is 0 Å². The molecule has 5 nitrogen and oxygen atoms in total. The van der Waals surface area contributed by atoms with Gasteiger partial charge in [0.15, 0.2) is 5.78 Å². The fraction of sp³-hybridized carbons (Fsp3) is 0.308. The molecule has 2 aromatic rings. The first-order valence-electron chi connectivity index (χ1n) is 6.01. The third-order valence-corrected chi connectivity index (χ3v) is 3.68. The molecule has 1 aliphatic carbocycles. The van der Waals surface area contributed by atoms with E-state index in [1.807, 2.05) is 0 Å². The highest BCUT2D eigenvalue weighted by molar-refractivity contribution is 7.99. The van der Waals surface area contributed by atoms with Gasteiger partial charge in [0.25, 0.3) is 5.22 Å². The number of phenols is 1. The molecule has 1 aromatic heterocycles. The van der Waals surface area contributed by atoms with Gasteiger partial charge in [-0.25, -0.2) is 0 Å². The molecule has 0 atom stereocenters. The van der Waals surface area contributed by atoms with Crippen molar-refractivity contribution in [1.29, 1.82) is 0 Å². The zero-order valence-corrected chi connectivity index (χ0v) is 10.9. The number of rotatable bonds is 5. The van der Waals surface area contributed by atoms with Crippen LogP contribution in [-0.2, 0) is 0 Å². The van der Waals surface area contributed by atoms with Gasteiger partial charge in [0, 0.05) is 11.5 Å². The van der Waals surface area contributed by atoms with Gasteiger partial charge in [0.05, 0.1) is 5.75 Å². The van der Waals surface area contributed by atoms with Crippen LogP contribution < -0.4 is 0 Å². The Morgan fingerprint density at radius 3 is 2.74 bits per heavy atom. The summed E-state index contributed by atoms with van der Waals surface area (Å²) in [4.78, 5) is 11.9. The van der Waals surface area contributed by atoms with Crippen LogP contribution in [0.1, 0.15) is 35.0 Å². The summed E-state index contributed by atoms with van der Waals surface area (Å²) in [5, 5.41) is 17.5. The summed E-state index contributed by atoms with van der Waals surface area (Å²) >= 11 is 1.24. The van der Waals surface area contributed by atoms with Crippen LogP contribution in [0.25, 0.3) is 0 Å². The maximum atomic E-state index is 11.9. The predicted octanol–water partition coefficient (Wildman–Crippen LogP) is 2.63. The largest absolute Gasteiger partial charge is 0.508 e. The van der Waals surface area contributed by atoms with E-state index < -0.39 is 0 Å². The van der Waals surface area contributed by atoms with E-state index in [1.54, 1.807) is 12.1 Å². The summed E-state index contributed by atoms with van der Waals surface area (Å²) in [6.07, 6.45) is 2.22. The maximum absolute atomic E-state index is 11.9. The van der Waals surface area contributed by atoms with Gasteiger partial charge in [-0.3, -0.25) is 4.79 Å². The number of thioether (sulfide) groups is 1. The van der Waals surface area contributed by atoms with Crippen LogP contribution >= 0.6 is 11.8 Å². The average molecular weight is 276 g/mol. The van der Waals surface area contributed by atoms with Gasteiger partial charge in [-0.15, -0.1) is 10.2 Å². The number of aromatic nitrogens is 2. The molecule has 1 N–H and O–H groups in total. The first-order chi connectivity index (χ1) is 9.22. The summed E-state index contributed by atoms with van der Waals surface area (Å²) in [5.41, 5.74) is 0.562. The minimum atomic E-state index is -0.0313. The van der Waals surface area contributed by atoms with Gasteiger partial charge in [-0.2, -0.15) is 0 Å². The highest BCUT2D eigenvalue weighted by atomic mass is 32.2. The molecule has 0 saturated heterocycles. The number of Topliss-reactive ketones (excluding diaryl/α,β-unsaturated/α-hetero) is 1. The maximum Gasteiger partial charge on any atom is 0.277 e. The fourth-order valence-corrected chi connectivity index (χ4v) is 2.30. The summed E-state index contributed by atoms with van der Waals surface area (Å²) < 4.78 is 5.46. The molecule has 1 aliphatic rings. The van der Waals surface area contributed by atoms with Gasteiger partial charge in [0.2, 0.25) is 5.89 Å². The minimum absolute atomic E-state index is 0.0313. The predicted molar refractivity (Wildman–Crippen MR) is 69.4 cm³/mol. The second-order valence-electron chi connectivity index (χ2n) is 4.44. The van der Waals surface area contributed by atoms with Crippen molar-refractivity contribution in [3.8, 4) is 5.75 Å². The van der Waals surface area contributed by atoms with Gasteiger partial charge < -0.3 is 9.52 Å². The molecule has 1 fully saturated rings. The summed E-state index contributed by atoms with van der Waals surface area (Å²) in [6, 6.07) is 6.19. The van der Waals surface area contributed by atoms with Gasteiger partial charge in [0.1, 0.15) is 5.75 Å². The molecular formula is C13H12N2O3S. The molecular weight excluding hydrogens is 264 g/mol. The first-order valence-corrected chi connectivity index (χ1v) is 6.99. The Balaban J connectivity index is 1.58. The Bertz CT molecular complexity index is 590. The van der Waals surface area contributed by atoms with Crippen molar-refractivity contribution < 1.29 is 14.3 Å². The van der Waals surface area contributed by atoms with Gasteiger partial charge in [-0.1, -0.05) is 11.8 Å². The van der Waals surface area contributed by atoms with Crippen LogP contribution in [0, 0.1) is 0 Å². The fourth-order valence-electron chi connectivity index (χ4n) is 1.63. The Hall–Kier alpha value is -1.82. The molecule has 1 heterocycles. The molecule has 0 unspecified atom stereocenters. The van der Waals surface area contributed by atoms with E-state index in [4.69, 9.17) is 9.52 Å². The van der Waals surface area contributed by atoms with Crippen molar-refractivity contribution in [2.75, 3.05) is 5.75 Å². The normalized spacial score (nSPS) is 14.5. The molecule has 19 heavy (non-hydrogen) atoms. The number of phenolic OH excluding ortho intramolecular Hbond substituents is 1. The number of carbonyl (C=O) groups is 1. The van der Waals surface area contributed by atoms with Crippen molar-refractivity contribution in [1.82, 2.24) is 10.2 Å². The quantitative estimate of drug-likeness (QED) is 0.668. The number of aromatic hydroxyl groups is 1. The van der Waals surface area contributed by atoms with Crippen molar-refractivity contribution in [2.24, 2.45) is 0 Å². The molecule has 1 saturated carbocycles. The SMILES string of the molecule is O=C(CSc1nnc(C2CC2)o1)c1ccc(O)cc1. The van der Waals surface area contributed by atoms with E-state index in [0.717, 1.165) is 12.8 Å². The molecule has 3 rings (SSSR count). The second-order valence-corrected chi connectivity index (χ2v) is 5.37. The number of hydrogen-bond donors (Lipinski definition) is 1. The van der Waals surface area contributed by atoms with Crippen molar-refractivity contribution >= 4 is 17.5 Å². The van der Waals surface area contributed by atoms with E-state index in [0.29, 0.717) is 22.6 Å². The van der Waals surface area contributed by atoms with Crippen LogP contribution in [-0.4, -0.2) is 26.8 Å². The van der Waals surface area contributed by atoms with E-state index in [1.165, 1.54) is 23.9 Å². The van der Waals surface area contributed by atoms with E-state index in [2.05, 4.69) is 10.2 Å². The Morgan fingerprint density at radius 1 is 1.32 bits per heavy atom. The standard InChI is InChI=1S/C13H12N2O3S/c16-10-5-3-8(4-6-10)11(17)7-19-13-15-14-12(18-13)9-1-2-9/h3-6,9,16H,1-2,7H2. The third-order valence-electron chi connectivity index (χ3n) is 2.86. The molecule has 0 amide bonds. The minimum Gasteiger partial charge on any atom is -0.508 e. The zero-order chi connectivity index (χ0) is 13.2. The number of carbonyl (C=O) groups excluding carboxylic acids is 1. The summed E-state index contributed by atoms with van der Waals surface area (Å²) in [5.74, 6) is 1.47. The van der Waals surface area contributed by atoms with Crippen LogP contribution in [0.5, 0.6) is 5.75 Å². The molecule has 1 aromatic carbocycles. The molecule has 6 heteroatoms. The molecule has 0 spiro atoms. The highest BCUT2D eigenvalue weighted by Gasteiger charge is 2.29.